The molecule has 1 N–H and O–H groups in total. The van der Waals surface area contributed by atoms with E-state index < -0.39 is 0 Å². The van der Waals surface area contributed by atoms with Gasteiger partial charge in [0.1, 0.15) is 0 Å². The van der Waals surface area contributed by atoms with E-state index in [1.54, 1.807) is 0 Å². The van der Waals surface area contributed by atoms with E-state index in [0.717, 1.165) is 19.6 Å². The minimum atomic E-state index is 0.586. The van der Waals surface area contributed by atoms with Gasteiger partial charge in [-0.15, -0.1) is 11.3 Å². The van der Waals surface area contributed by atoms with E-state index in [2.05, 4.69) is 63.8 Å². The van der Waals surface area contributed by atoms with Crippen LogP contribution < -0.4 is 0 Å². The van der Waals surface area contributed by atoms with Crippen molar-refractivity contribution >= 4 is 11.3 Å². The lowest BCUT2D eigenvalue weighted by Crippen LogP contribution is -2.32. The van der Waals surface area contributed by atoms with Gasteiger partial charge in [0.15, 0.2) is 0 Å². The fraction of sp³-hybridized carbons (Fsp3) is 0.350. The molecule has 3 nitrogen and oxygen atoms in total. The molecule has 1 saturated heterocycles. The van der Waals surface area contributed by atoms with Crippen molar-refractivity contribution in [1.82, 2.24) is 15.1 Å². The maximum atomic E-state index is 4.33. The molecule has 0 bridgehead atoms. The molecule has 0 aliphatic carbocycles. The number of hydrogen-bond donors (Lipinski definition) is 1. The number of thiophene rings is 1. The second kappa shape index (κ2) is 6.91. The van der Waals surface area contributed by atoms with Gasteiger partial charge < -0.3 is 0 Å². The Balaban J connectivity index is 1.44. The zero-order chi connectivity index (χ0) is 16.4. The first-order valence-electron chi connectivity index (χ1n) is 8.65. The fourth-order valence-electron chi connectivity index (χ4n) is 3.60. The third-order valence-corrected chi connectivity index (χ3v) is 6.09. The van der Waals surface area contributed by atoms with Crippen LogP contribution in [0.5, 0.6) is 0 Å². The Bertz CT molecular complexity index is 782. The highest BCUT2D eigenvalue weighted by atomic mass is 32.1. The van der Waals surface area contributed by atoms with Crippen LogP contribution in [0.1, 0.15) is 34.9 Å². The molecule has 0 amide bonds. The summed E-state index contributed by atoms with van der Waals surface area (Å²) in [6, 6.07) is 12.8. The van der Waals surface area contributed by atoms with Crippen molar-refractivity contribution in [3.63, 3.8) is 0 Å². The largest absolute Gasteiger partial charge is 0.298 e. The van der Waals surface area contributed by atoms with Crippen molar-refractivity contribution < 1.29 is 0 Å². The summed E-state index contributed by atoms with van der Waals surface area (Å²) in [6.45, 7) is 5.64. The van der Waals surface area contributed by atoms with Gasteiger partial charge in [-0.2, -0.15) is 5.10 Å². The predicted octanol–water partition coefficient (Wildman–Crippen LogP) is 4.83. The number of nitrogens with zero attached hydrogens (tertiary/aromatic N) is 2. The second-order valence-electron chi connectivity index (χ2n) is 6.64. The number of aromatic nitrogens is 2. The Hall–Kier alpha value is -1.91. The van der Waals surface area contributed by atoms with E-state index in [4.69, 9.17) is 0 Å². The third-order valence-electron chi connectivity index (χ3n) is 5.08. The molecule has 1 fully saturated rings. The number of likely N-dealkylation sites (tertiary alicyclic amines) is 1. The highest BCUT2D eigenvalue weighted by Gasteiger charge is 2.24. The van der Waals surface area contributed by atoms with Crippen molar-refractivity contribution in [1.29, 1.82) is 0 Å². The van der Waals surface area contributed by atoms with Crippen molar-refractivity contribution in [3.8, 4) is 11.1 Å². The van der Waals surface area contributed by atoms with E-state index in [-0.39, 0.29) is 0 Å². The molecule has 4 rings (SSSR count). The monoisotopic (exact) mass is 337 g/mol. The fourth-order valence-corrected chi connectivity index (χ4v) is 4.55. The predicted molar refractivity (Wildman–Crippen MR) is 100 cm³/mol. The number of nitrogens with one attached hydrogen (secondary N) is 1. The molecule has 0 saturated carbocycles. The Morgan fingerprint density at radius 3 is 2.67 bits per heavy atom. The molecule has 4 heteroatoms. The zero-order valence-electron chi connectivity index (χ0n) is 14.0. The smallest absolute Gasteiger partial charge is 0.0568 e. The normalized spacial score (nSPS) is 16.5. The topological polar surface area (TPSA) is 31.9 Å². The van der Waals surface area contributed by atoms with Crippen molar-refractivity contribution in [2.75, 3.05) is 13.1 Å². The van der Waals surface area contributed by atoms with Crippen LogP contribution in [0, 0.1) is 6.92 Å². The number of aromatic amines is 1. The van der Waals surface area contributed by atoms with Crippen LogP contribution in [0.4, 0.5) is 0 Å². The van der Waals surface area contributed by atoms with E-state index >= 15 is 0 Å². The number of H-pyrrole nitrogens is 1. The zero-order valence-corrected chi connectivity index (χ0v) is 14.9. The number of benzene rings is 1. The number of rotatable bonds is 4. The van der Waals surface area contributed by atoms with Crippen LogP contribution in [0.3, 0.4) is 0 Å². The molecule has 0 unspecified atom stereocenters. The molecular formula is C20H23N3S. The summed E-state index contributed by atoms with van der Waals surface area (Å²) in [5.74, 6) is 0.586. The lowest BCUT2D eigenvalue weighted by Gasteiger charge is -2.31. The van der Waals surface area contributed by atoms with Gasteiger partial charge in [-0.25, -0.2) is 0 Å². The van der Waals surface area contributed by atoms with E-state index in [1.807, 2.05) is 17.5 Å². The van der Waals surface area contributed by atoms with Crippen molar-refractivity contribution in [3.05, 3.63) is 64.1 Å². The quantitative estimate of drug-likeness (QED) is 0.740. The van der Waals surface area contributed by atoms with E-state index in [1.165, 1.54) is 40.1 Å². The van der Waals surface area contributed by atoms with Crippen LogP contribution in [0.15, 0.2) is 48.0 Å². The van der Waals surface area contributed by atoms with Crippen molar-refractivity contribution in [2.24, 2.45) is 0 Å². The first kappa shape index (κ1) is 15.6. The highest BCUT2D eigenvalue weighted by molar-refractivity contribution is 7.10. The highest BCUT2D eigenvalue weighted by Crippen LogP contribution is 2.34. The molecule has 0 atom stereocenters. The number of hydrogen-bond acceptors (Lipinski definition) is 3. The summed E-state index contributed by atoms with van der Waals surface area (Å²) in [6.07, 6.45) is 4.38. The summed E-state index contributed by atoms with van der Waals surface area (Å²) < 4.78 is 0. The molecule has 3 heterocycles. The summed E-state index contributed by atoms with van der Waals surface area (Å²) in [4.78, 5) is 4.11. The Labute approximate surface area is 147 Å². The Kier molecular flexibility index (Phi) is 4.50. The molecule has 1 aliphatic rings. The lowest BCUT2D eigenvalue weighted by molar-refractivity contribution is 0.204. The van der Waals surface area contributed by atoms with Gasteiger partial charge in [-0.3, -0.25) is 10.00 Å². The van der Waals surface area contributed by atoms with Gasteiger partial charge in [0.05, 0.1) is 6.20 Å². The minimum absolute atomic E-state index is 0.586. The summed E-state index contributed by atoms with van der Waals surface area (Å²) >= 11 is 1.88. The van der Waals surface area contributed by atoms with Gasteiger partial charge >= 0.3 is 0 Å². The summed E-state index contributed by atoms with van der Waals surface area (Å²) in [5.41, 5.74) is 5.27. The van der Waals surface area contributed by atoms with Crippen LogP contribution >= 0.6 is 11.3 Å². The van der Waals surface area contributed by atoms with Crippen LogP contribution in [-0.4, -0.2) is 28.2 Å². The van der Waals surface area contributed by atoms with Crippen LogP contribution in [-0.2, 0) is 6.54 Å². The number of piperidine rings is 1. The molecule has 24 heavy (non-hydrogen) atoms. The number of aryl methyl sites for hydroxylation is 1. The molecule has 124 valence electrons. The maximum absolute atomic E-state index is 4.33. The average Bonchev–Trinajstić information content (AvgIpc) is 3.26. The molecule has 2 aromatic heterocycles. The average molecular weight is 337 g/mol. The van der Waals surface area contributed by atoms with Gasteiger partial charge in [-0.05, 0) is 55.4 Å². The first-order chi connectivity index (χ1) is 11.8. The van der Waals surface area contributed by atoms with Crippen LogP contribution in [0.25, 0.3) is 11.1 Å². The van der Waals surface area contributed by atoms with Gasteiger partial charge in [0.25, 0.3) is 0 Å². The molecule has 1 aromatic carbocycles. The van der Waals surface area contributed by atoms with E-state index in [0.29, 0.717) is 5.92 Å². The Morgan fingerprint density at radius 2 is 1.96 bits per heavy atom. The molecule has 1 aliphatic heterocycles. The van der Waals surface area contributed by atoms with Gasteiger partial charge in [0, 0.05) is 28.6 Å². The SMILES string of the molecule is Cc1ccsc1CN1CCC(c2[nH]ncc2-c2ccccc2)CC1. The molecule has 0 radical (unpaired) electrons. The van der Waals surface area contributed by atoms with Gasteiger partial charge in [-0.1, -0.05) is 30.3 Å². The molecule has 3 aromatic rings. The van der Waals surface area contributed by atoms with Crippen LogP contribution in [0.2, 0.25) is 0 Å². The summed E-state index contributed by atoms with van der Waals surface area (Å²) in [5, 5.41) is 9.81. The second-order valence-corrected chi connectivity index (χ2v) is 7.64. The van der Waals surface area contributed by atoms with Gasteiger partial charge in [0.2, 0.25) is 0 Å². The maximum Gasteiger partial charge on any atom is 0.0568 e. The Morgan fingerprint density at radius 1 is 1.17 bits per heavy atom. The summed E-state index contributed by atoms with van der Waals surface area (Å²) in [7, 11) is 0. The lowest BCUT2D eigenvalue weighted by atomic mass is 9.89. The van der Waals surface area contributed by atoms with E-state index in [9.17, 15) is 0 Å². The standard InChI is InChI=1S/C20H23N3S/c1-15-9-12-24-19(15)14-23-10-7-17(8-11-23)20-18(13-21-22-20)16-5-3-2-4-6-16/h2-6,9,12-13,17H,7-8,10-11,14H2,1H3,(H,21,22). The molecule has 0 spiro atoms. The van der Waals surface area contributed by atoms with Crippen molar-refractivity contribution in [2.45, 2.75) is 32.2 Å². The third kappa shape index (κ3) is 3.17. The molecular weight excluding hydrogens is 314 g/mol. The first-order valence-corrected chi connectivity index (χ1v) is 9.53. The minimum Gasteiger partial charge on any atom is -0.298 e.